The van der Waals surface area contributed by atoms with Crippen LogP contribution >= 0.6 is 11.6 Å². The number of halogens is 1. The molecule has 114 valence electrons. The molecule has 0 saturated carbocycles. The van der Waals surface area contributed by atoms with Crippen LogP contribution in [0.3, 0.4) is 0 Å². The predicted octanol–water partition coefficient (Wildman–Crippen LogP) is 1.99. The van der Waals surface area contributed by atoms with Gasteiger partial charge in [0.1, 0.15) is 10.7 Å². The van der Waals surface area contributed by atoms with E-state index in [1.54, 1.807) is 42.8 Å². The first-order valence-corrected chi connectivity index (χ1v) is 7.39. The van der Waals surface area contributed by atoms with E-state index in [1.165, 1.54) is 0 Å². The second kappa shape index (κ2) is 5.64. The Morgan fingerprint density at radius 3 is 2.67 bits per heavy atom. The van der Waals surface area contributed by atoms with Gasteiger partial charge in [-0.15, -0.1) is 0 Å². The van der Waals surface area contributed by atoms with E-state index in [-0.39, 0.29) is 11.8 Å². The zero-order chi connectivity index (χ0) is 15.8. The highest BCUT2D eigenvalue weighted by atomic mass is 35.5. The number of aromatic nitrogens is 1. The lowest BCUT2D eigenvalue weighted by atomic mass is 9.96. The van der Waals surface area contributed by atoms with Crippen LogP contribution < -0.4 is 0 Å². The quantitative estimate of drug-likeness (QED) is 0.785. The summed E-state index contributed by atoms with van der Waals surface area (Å²) < 4.78 is 0. The molecule has 2 amide bonds. The average Bonchev–Trinajstić information content (AvgIpc) is 2.43. The third-order valence-corrected chi connectivity index (χ3v) is 4.10. The summed E-state index contributed by atoms with van der Waals surface area (Å²) in [5, 5.41) is 0.302. The van der Waals surface area contributed by atoms with Crippen LogP contribution in [0.2, 0.25) is 5.15 Å². The number of nitrogens with zero attached hydrogens (tertiary/aromatic N) is 3. The molecule has 0 aromatic carbocycles. The Balaban J connectivity index is 2.35. The number of piperazine rings is 1. The maximum atomic E-state index is 12.8. The highest BCUT2D eigenvalue weighted by molar-refractivity contribution is 6.29. The van der Waals surface area contributed by atoms with Crippen LogP contribution in [0.5, 0.6) is 0 Å². The number of carbonyl (C=O) groups is 2. The predicted molar refractivity (Wildman–Crippen MR) is 81.4 cm³/mol. The first-order valence-electron chi connectivity index (χ1n) is 7.01. The summed E-state index contributed by atoms with van der Waals surface area (Å²) in [5.74, 6) is -0.238. The van der Waals surface area contributed by atoms with Crippen LogP contribution in [0.25, 0.3) is 0 Å². The number of amides is 2. The highest BCUT2D eigenvalue weighted by Crippen LogP contribution is 2.25. The van der Waals surface area contributed by atoms with E-state index in [2.05, 4.69) is 4.98 Å². The fourth-order valence-electron chi connectivity index (χ4n) is 2.58. The molecule has 0 unspecified atom stereocenters. The number of aryl methyl sites for hydroxylation is 1. The van der Waals surface area contributed by atoms with Gasteiger partial charge in [0.15, 0.2) is 0 Å². The highest BCUT2D eigenvalue weighted by Gasteiger charge is 2.43. The zero-order valence-electron chi connectivity index (χ0n) is 12.8. The number of rotatable bonds is 2. The molecule has 1 saturated heterocycles. The van der Waals surface area contributed by atoms with Gasteiger partial charge in [-0.1, -0.05) is 18.5 Å². The van der Waals surface area contributed by atoms with Crippen LogP contribution in [0, 0.1) is 0 Å². The van der Waals surface area contributed by atoms with Crippen molar-refractivity contribution in [2.45, 2.75) is 32.7 Å². The number of hydrogen-bond donors (Lipinski definition) is 0. The number of likely N-dealkylation sites (N-methyl/N-ethyl adjacent to an activating group) is 1. The summed E-state index contributed by atoms with van der Waals surface area (Å²) in [7, 11) is 1.75. The van der Waals surface area contributed by atoms with Crippen LogP contribution in [0.15, 0.2) is 12.1 Å². The molecule has 1 aromatic rings. The van der Waals surface area contributed by atoms with Crippen LogP contribution in [0.4, 0.5) is 0 Å². The van der Waals surface area contributed by atoms with Gasteiger partial charge in [0.05, 0.1) is 0 Å². The van der Waals surface area contributed by atoms with Gasteiger partial charge in [-0.3, -0.25) is 9.59 Å². The average molecular weight is 310 g/mol. The summed E-state index contributed by atoms with van der Waals surface area (Å²) in [4.78, 5) is 32.5. The minimum absolute atomic E-state index is 0.0574. The molecule has 0 N–H and O–H groups in total. The van der Waals surface area contributed by atoms with Gasteiger partial charge in [-0.25, -0.2) is 4.98 Å². The minimum Gasteiger partial charge on any atom is -0.342 e. The Morgan fingerprint density at radius 1 is 1.38 bits per heavy atom. The molecule has 6 heteroatoms. The van der Waals surface area contributed by atoms with Gasteiger partial charge in [-0.05, 0) is 32.4 Å². The zero-order valence-corrected chi connectivity index (χ0v) is 13.6. The molecular formula is C15H20ClN3O2. The molecule has 1 aliphatic rings. The van der Waals surface area contributed by atoms with Crippen molar-refractivity contribution in [1.82, 2.24) is 14.8 Å². The van der Waals surface area contributed by atoms with Gasteiger partial charge in [0, 0.05) is 31.4 Å². The number of carbonyl (C=O) groups excluding carboxylic acids is 2. The van der Waals surface area contributed by atoms with E-state index in [1.807, 2.05) is 6.92 Å². The molecule has 1 aliphatic heterocycles. The Bertz CT molecular complexity index is 586. The first kappa shape index (κ1) is 15.8. The lowest BCUT2D eigenvalue weighted by Gasteiger charge is -2.44. The molecule has 2 heterocycles. The van der Waals surface area contributed by atoms with Gasteiger partial charge in [0.2, 0.25) is 5.91 Å². The van der Waals surface area contributed by atoms with Crippen molar-refractivity contribution < 1.29 is 9.59 Å². The van der Waals surface area contributed by atoms with E-state index in [4.69, 9.17) is 11.6 Å². The summed E-state index contributed by atoms with van der Waals surface area (Å²) >= 11 is 5.98. The molecule has 0 aliphatic carbocycles. The fourth-order valence-corrected chi connectivity index (χ4v) is 2.81. The van der Waals surface area contributed by atoms with Crippen LogP contribution in [0.1, 0.15) is 36.8 Å². The minimum atomic E-state index is -0.855. The normalized spacial score (nSPS) is 18.0. The molecule has 0 bridgehead atoms. The van der Waals surface area contributed by atoms with Crippen molar-refractivity contribution in [2.75, 3.05) is 20.1 Å². The van der Waals surface area contributed by atoms with Gasteiger partial charge in [-0.2, -0.15) is 0 Å². The maximum absolute atomic E-state index is 12.8. The standard InChI is InChI=1S/C15H20ClN3O2/c1-5-11-8-10(9-12(16)17-11)13(20)19-7-6-18(4)14(21)15(19,2)3/h8-9H,5-7H2,1-4H3. The van der Waals surface area contributed by atoms with Crippen molar-refractivity contribution in [3.05, 3.63) is 28.5 Å². The molecular weight excluding hydrogens is 290 g/mol. The van der Waals surface area contributed by atoms with E-state index in [9.17, 15) is 9.59 Å². The molecule has 21 heavy (non-hydrogen) atoms. The van der Waals surface area contributed by atoms with Gasteiger partial charge in [0.25, 0.3) is 5.91 Å². The second-order valence-electron chi connectivity index (χ2n) is 5.77. The van der Waals surface area contributed by atoms with Crippen molar-refractivity contribution in [3.63, 3.8) is 0 Å². The lowest BCUT2D eigenvalue weighted by Crippen LogP contribution is -2.63. The van der Waals surface area contributed by atoms with E-state index >= 15 is 0 Å². The lowest BCUT2D eigenvalue weighted by molar-refractivity contribution is -0.144. The van der Waals surface area contributed by atoms with E-state index in [0.29, 0.717) is 30.2 Å². The molecule has 0 atom stereocenters. The van der Waals surface area contributed by atoms with Crippen molar-refractivity contribution in [1.29, 1.82) is 0 Å². The van der Waals surface area contributed by atoms with Crippen molar-refractivity contribution in [2.24, 2.45) is 0 Å². The topological polar surface area (TPSA) is 53.5 Å². The molecule has 5 nitrogen and oxygen atoms in total. The van der Waals surface area contributed by atoms with Crippen LogP contribution in [-0.2, 0) is 11.2 Å². The Hall–Kier alpha value is -1.62. The Kier molecular flexibility index (Phi) is 4.23. The summed E-state index contributed by atoms with van der Waals surface area (Å²) in [5.41, 5.74) is 0.396. The monoisotopic (exact) mass is 309 g/mol. The largest absolute Gasteiger partial charge is 0.342 e. The number of pyridine rings is 1. The number of hydrogen-bond acceptors (Lipinski definition) is 3. The second-order valence-corrected chi connectivity index (χ2v) is 6.15. The molecule has 1 fully saturated rings. The van der Waals surface area contributed by atoms with E-state index in [0.717, 1.165) is 5.69 Å². The van der Waals surface area contributed by atoms with Gasteiger partial charge >= 0.3 is 0 Å². The third kappa shape index (κ3) is 2.88. The van der Waals surface area contributed by atoms with Gasteiger partial charge < -0.3 is 9.80 Å². The van der Waals surface area contributed by atoms with E-state index < -0.39 is 5.54 Å². The SMILES string of the molecule is CCc1cc(C(=O)N2CCN(C)C(=O)C2(C)C)cc(Cl)n1. The third-order valence-electron chi connectivity index (χ3n) is 3.91. The first-order chi connectivity index (χ1) is 9.77. The fraction of sp³-hybridized carbons (Fsp3) is 0.533. The summed E-state index contributed by atoms with van der Waals surface area (Å²) in [6.07, 6.45) is 0.700. The summed E-state index contributed by atoms with van der Waals surface area (Å²) in [6.45, 7) is 6.54. The smallest absolute Gasteiger partial charge is 0.254 e. The van der Waals surface area contributed by atoms with Crippen molar-refractivity contribution >= 4 is 23.4 Å². The van der Waals surface area contributed by atoms with Crippen LogP contribution in [-0.4, -0.2) is 52.3 Å². The Labute approximate surface area is 129 Å². The molecule has 2 rings (SSSR count). The van der Waals surface area contributed by atoms with Crippen molar-refractivity contribution in [3.8, 4) is 0 Å². The summed E-state index contributed by atoms with van der Waals surface area (Å²) in [6, 6.07) is 3.30. The molecule has 0 spiro atoms. The molecule has 1 aromatic heterocycles. The Morgan fingerprint density at radius 2 is 2.05 bits per heavy atom. The molecule has 0 radical (unpaired) electrons. The maximum Gasteiger partial charge on any atom is 0.254 e.